The van der Waals surface area contributed by atoms with Gasteiger partial charge in [-0.3, -0.25) is 0 Å². The van der Waals surface area contributed by atoms with E-state index in [-0.39, 0.29) is 30.1 Å². The summed E-state index contributed by atoms with van der Waals surface area (Å²) in [6.07, 6.45) is 0.905. The molecular formula is C15H26IN3O2. The van der Waals surface area contributed by atoms with E-state index in [4.69, 9.17) is 15.2 Å². The molecule has 1 aromatic carbocycles. The van der Waals surface area contributed by atoms with Crippen molar-refractivity contribution < 1.29 is 9.47 Å². The number of ether oxygens (including phenoxy) is 2. The summed E-state index contributed by atoms with van der Waals surface area (Å²) >= 11 is 0. The van der Waals surface area contributed by atoms with Crippen LogP contribution in [0.4, 0.5) is 0 Å². The Morgan fingerprint density at radius 2 is 2.10 bits per heavy atom. The second-order valence-corrected chi connectivity index (χ2v) is 4.56. The van der Waals surface area contributed by atoms with Crippen molar-refractivity contribution in [1.29, 1.82) is 0 Å². The third-order valence-electron chi connectivity index (χ3n) is 2.92. The van der Waals surface area contributed by atoms with Gasteiger partial charge < -0.3 is 20.5 Å². The fourth-order valence-corrected chi connectivity index (χ4v) is 1.66. The van der Waals surface area contributed by atoms with Gasteiger partial charge in [0.15, 0.2) is 5.96 Å². The molecular weight excluding hydrogens is 381 g/mol. The fraction of sp³-hybridized carbons (Fsp3) is 0.533. The smallest absolute Gasteiger partial charge is 0.188 e. The Labute approximate surface area is 144 Å². The van der Waals surface area contributed by atoms with Crippen LogP contribution in [0.15, 0.2) is 29.3 Å². The molecule has 0 aliphatic heterocycles. The molecule has 0 bridgehead atoms. The summed E-state index contributed by atoms with van der Waals surface area (Å²) in [5.41, 5.74) is 6.89. The van der Waals surface area contributed by atoms with E-state index in [0.29, 0.717) is 25.7 Å². The third-order valence-corrected chi connectivity index (χ3v) is 2.92. The number of benzene rings is 1. The molecule has 0 saturated heterocycles. The van der Waals surface area contributed by atoms with E-state index >= 15 is 0 Å². The number of guanidine groups is 1. The molecule has 0 amide bonds. The number of nitrogens with one attached hydrogen (secondary N) is 1. The minimum absolute atomic E-state index is 0. The van der Waals surface area contributed by atoms with Gasteiger partial charge in [0.1, 0.15) is 11.9 Å². The van der Waals surface area contributed by atoms with Crippen molar-refractivity contribution >= 4 is 29.9 Å². The van der Waals surface area contributed by atoms with E-state index in [0.717, 1.165) is 17.7 Å². The monoisotopic (exact) mass is 407 g/mol. The van der Waals surface area contributed by atoms with Gasteiger partial charge >= 0.3 is 0 Å². The Bertz CT molecular complexity index is 427. The summed E-state index contributed by atoms with van der Waals surface area (Å²) in [6.45, 7) is 5.91. The zero-order valence-electron chi connectivity index (χ0n) is 13.0. The van der Waals surface area contributed by atoms with Crippen LogP contribution in [-0.2, 0) is 4.74 Å². The molecule has 0 aliphatic rings. The Morgan fingerprint density at radius 1 is 1.38 bits per heavy atom. The molecule has 1 aromatic rings. The lowest BCUT2D eigenvalue weighted by Gasteiger charge is -2.17. The number of aryl methyl sites for hydroxylation is 1. The minimum Gasteiger partial charge on any atom is -0.488 e. The van der Waals surface area contributed by atoms with Gasteiger partial charge in [0.25, 0.3) is 0 Å². The number of hydrogen-bond acceptors (Lipinski definition) is 3. The summed E-state index contributed by atoms with van der Waals surface area (Å²) in [6, 6.07) is 7.98. The summed E-state index contributed by atoms with van der Waals surface area (Å²) in [5, 5.41) is 2.99. The van der Waals surface area contributed by atoms with Gasteiger partial charge in [-0.2, -0.15) is 0 Å². The average molecular weight is 407 g/mol. The lowest BCUT2D eigenvalue weighted by atomic mass is 10.2. The van der Waals surface area contributed by atoms with E-state index < -0.39 is 0 Å². The maximum absolute atomic E-state index is 5.96. The lowest BCUT2D eigenvalue weighted by molar-refractivity contribution is 0.202. The molecule has 0 aromatic heterocycles. The van der Waals surface area contributed by atoms with Gasteiger partial charge in [-0.05, 0) is 25.0 Å². The Balaban J connectivity index is 0.00000400. The van der Waals surface area contributed by atoms with Crippen LogP contribution in [0.3, 0.4) is 0 Å². The molecule has 0 aliphatic carbocycles. The molecule has 0 saturated carbocycles. The van der Waals surface area contributed by atoms with E-state index in [1.165, 1.54) is 0 Å². The van der Waals surface area contributed by atoms with Crippen LogP contribution in [0, 0.1) is 6.92 Å². The molecule has 6 heteroatoms. The number of halogens is 1. The van der Waals surface area contributed by atoms with Crippen LogP contribution in [-0.4, -0.2) is 38.9 Å². The molecule has 21 heavy (non-hydrogen) atoms. The van der Waals surface area contributed by atoms with E-state index in [1.807, 2.05) is 31.2 Å². The van der Waals surface area contributed by atoms with Gasteiger partial charge in [0.05, 0.1) is 13.2 Å². The number of nitrogens with two attached hydrogens (primary N) is 1. The second kappa shape index (κ2) is 11.6. The van der Waals surface area contributed by atoms with Crippen LogP contribution in [0.5, 0.6) is 5.75 Å². The number of nitrogens with zero attached hydrogens (tertiary/aromatic N) is 1. The van der Waals surface area contributed by atoms with Crippen LogP contribution in [0.2, 0.25) is 0 Å². The van der Waals surface area contributed by atoms with Gasteiger partial charge in [0.2, 0.25) is 0 Å². The maximum Gasteiger partial charge on any atom is 0.188 e. The van der Waals surface area contributed by atoms with E-state index in [2.05, 4.69) is 17.2 Å². The van der Waals surface area contributed by atoms with Crippen molar-refractivity contribution in [3.63, 3.8) is 0 Å². The second-order valence-electron chi connectivity index (χ2n) is 4.56. The highest BCUT2D eigenvalue weighted by Crippen LogP contribution is 2.18. The SMILES string of the molecule is CCC(CN=C(N)NCCOC)Oc1ccccc1C.I. The number of para-hydroxylation sites is 1. The van der Waals surface area contributed by atoms with Gasteiger partial charge in [-0.15, -0.1) is 24.0 Å². The van der Waals surface area contributed by atoms with E-state index in [9.17, 15) is 0 Å². The van der Waals surface area contributed by atoms with Crippen molar-refractivity contribution in [2.45, 2.75) is 26.4 Å². The minimum atomic E-state index is 0. The summed E-state index contributed by atoms with van der Waals surface area (Å²) in [4.78, 5) is 4.30. The van der Waals surface area contributed by atoms with Gasteiger partial charge in [-0.1, -0.05) is 25.1 Å². The molecule has 120 valence electrons. The zero-order valence-corrected chi connectivity index (χ0v) is 15.3. The van der Waals surface area contributed by atoms with Crippen LogP contribution in [0.25, 0.3) is 0 Å². The summed E-state index contributed by atoms with van der Waals surface area (Å²) < 4.78 is 10.9. The molecule has 0 spiro atoms. The first-order valence-corrected chi connectivity index (χ1v) is 6.92. The first kappa shape index (κ1) is 20.0. The number of rotatable bonds is 8. The maximum atomic E-state index is 5.96. The van der Waals surface area contributed by atoms with Crippen molar-refractivity contribution in [2.24, 2.45) is 10.7 Å². The molecule has 0 radical (unpaired) electrons. The molecule has 1 atom stereocenters. The predicted molar refractivity (Wildman–Crippen MR) is 97.7 cm³/mol. The van der Waals surface area contributed by atoms with Gasteiger partial charge in [-0.25, -0.2) is 4.99 Å². The number of aliphatic imine (C=N–C) groups is 1. The molecule has 0 heterocycles. The lowest BCUT2D eigenvalue weighted by Crippen LogP contribution is -2.35. The highest BCUT2D eigenvalue weighted by molar-refractivity contribution is 14.0. The van der Waals surface area contributed by atoms with E-state index in [1.54, 1.807) is 7.11 Å². The molecule has 5 nitrogen and oxygen atoms in total. The summed E-state index contributed by atoms with van der Waals surface area (Å²) in [5.74, 6) is 1.33. The Morgan fingerprint density at radius 3 is 2.71 bits per heavy atom. The largest absolute Gasteiger partial charge is 0.488 e. The molecule has 0 fully saturated rings. The highest BCUT2D eigenvalue weighted by atomic mass is 127. The summed E-state index contributed by atoms with van der Waals surface area (Å²) in [7, 11) is 1.65. The van der Waals surface area contributed by atoms with Crippen molar-refractivity contribution in [2.75, 3.05) is 26.8 Å². The van der Waals surface area contributed by atoms with Crippen molar-refractivity contribution in [3.05, 3.63) is 29.8 Å². The fourth-order valence-electron chi connectivity index (χ4n) is 1.66. The van der Waals surface area contributed by atoms with Crippen molar-refractivity contribution in [1.82, 2.24) is 5.32 Å². The third kappa shape index (κ3) is 8.11. The normalized spacial score (nSPS) is 12.4. The van der Waals surface area contributed by atoms with Crippen molar-refractivity contribution in [3.8, 4) is 5.75 Å². The first-order chi connectivity index (χ1) is 9.67. The standard InChI is InChI=1S/C15H25N3O2.HI/c1-4-13(11-18-15(16)17-9-10-19-3)20-14-8-6-5-7-12(14)2;/h5-8,13H,4,9-11H2,1-3H3,(H3,16,17,18);1H. The zero-order chi connectivity index (χ0) is 14.8. The van der Waals surface area contributed by atoms with Crippen LogP contribution >= 0.6 is 24.0 Å². The number of methoxy groups -OCH3 is 1. The van der Waals surface area contributed by atoms with Gasteiger partial charge in [0, 0.05) is 13.7 Å². The van der Waals surface area contributed by atoms with Crippen LogP contribution in [0.1, 0.15) is 18.9 Å². The molecule has 1 unspecified atom stereocenters. The average Bonchev–Trinajstić information content (AvgIpc) is 2.45. The Hall–Kier alpha value is -1.02. The molecule has 1 rings (SSSR count). The molecule has 3 N–H and O–H groups in total. The first-order valence-electron chi connectivity index (χ1n) is 6.92. The highest BCUT2D eigenvalue weighted by Gasteiger charge is 2.09. The quantitative estimate of drug-likeness (QED) is 0.301. The number of hydrogen-bond donors (Lipinski definition) is 2. The Kier molecular flexibility index (Phi) is 11.1. The predicted octanol–water partition coefficient (Wildman–Crippen LogP) is 2.32. The topological polar surface area (TPSA) is 68.9 Å². The van der Waals surface area contributed by atoms with Crippen LogP contribution < -0.4 is 15.8 Å².